The molecule has 0 aliphatic heterocycles. The molecule has 1 aromatic carbocycles. The SMILES string of the molecule is Cc1cc(O)ccc1NC(=O)NCC(C)C. The van der Waals surface area contributed by atoms with Gasteiger partial charge >= 0.3 is 6.03 Å². The van der Waals surface area contributed by atoms with Crippen LogP contribution in [-0.4, -0.2) is 17.7 Å². The van der Waals surface area contributed by atoms with Gasteiger partial charge in [0, 0.05) is 12.2 Å². The maximum absolute atomic E-state index is 11.5. The smallest absolute Gasteiger partial charge is 0.319 e. The van der Waals surface area contributed by atoms with E-state index in [1.165, 1.54) is 0 Å². The molecule has 0 atom stereocenters. The van der Waals surface area contributed by atoms with Gasteiger partial charge in [0.05, 0.1) is 0 Å². The summed E-state index contributed by atoms with van der Waals surface area (Å²) < 4.78 is 0. The zero-order valence-electron chi connectivity index (χ0n) is 9.87. The van der Waals surface area contributed by atoms with Gasteiger partial charge in [-0.05, 0) is 36.6 Å². The Kier molecular flexibility index (Phi) is 4.17. The summed E-state index contributed by atoms with van der Waals surface area (Å²) in [5.41, 5.74) is 1.54. The van der Waals surface area contributed by atoms with Gasteiger partial charge in [-0.25, -0.2) is 4.79 Å². The van der Waals surface area contributed by atoms with Gasteiger partial charge in [-0.2, -0.15) is 0 Å². The lowest BCUT2D eigenvalue weighted by molar-refractivity contribution is 0.251. The number of hydrogen-bond acceptors (Lipinski definition) is 2. The molecule has 0 aromatic heterocycles. The molecule has 3 N–H and O–H groups in total. The number of benzene rings is 1. The van der Waals surface area contributed by atoms with Crippen LogP contribution in [0.2, 0.25) is 0 Å². The van der Waals surface area contributed by atoms with E-state index in [-0.39, 0.29) is 11.8 Å². The van der Waals surface area contributed by atoms with Gasteiger partial charge in [0.25, 0.3) is 0 Å². The van der Waals surface area contributed by atoms with Crippen molar-refractivity contribution in [2.45, 2.75) is 20.8 Å². The zero-order chi connectivity index (χ0) is 12.1. The summed E-state index contributed by atoms with van der Waals surface area (Å²) >= 11 is 0. The van der Waals surface area contributed by atoms with Crippen LogP contribution in [0.1, 0.15) is 19.4 Å². The number of phenolic OH excluding ortho intramolecular Hbond substituents is 1. The van der Waals surface area contributed by atoms with Gasteiger partial charge in [-0.3, -0.25) is 0 Å². The van der Waals surface area contributed by atoms with Gasteiger partial charge < -0.3 is 15.7 Å². The lowest BCUT2D eigenvalue weighted by Gasteiger charge is -2.11. The van der Waals surface area contributed by atoms with Crippen LogP contribution in [0.15, 0.2) is 18.2 Å². The summed E-state index contributed by atoms with van der Waals surface area (Å²) in [6.45, 7) is 6.54. The zero-order valence-corrected chi connectivity index (χ0v) is 9.87. The van der Waals surface area contributed by atoms with E-state index in [4.69, 9.17) is 0 Å². The predicted octanol–water partition coefficient (Wildman–Crippen LogP) is 2.48. The van der Waals surface area contributed by atoms with Crippen molar-refractivity contribution in [3.05, 3.63) is 23.8 Å². The molecule has 0 aliphatic rings. The quantitative estimate of drug-likeness (QED) is 0.688. The van der Waals surface area contributed by atoms with Gasteiger partial charge in [0.1, 0.15) is 5.75 Å². The fourth-order valence-corrected chi connectivity index (χ4v) is 1.25. The summed E-state index contributed by atoms with van der Waals surface area (Å²) in [5.74, 6) is 0.623. The highest BCUT2D eigenvalue weighted by Crippen LogP contribution is 2.19. The van der Waals surface area contributed by atoms with Crippen LogP contribution in [-0.2, 0) is 0 Å². The Bertz CT molecular complexity index is 375. The molecule has 1 aromatic rings. The van der Waals surface area contributed by atoms with Crippen molar-refractivity contribution in [2.24, 2.45) is 5.92 Å². The van der Waals surface area contributed by atoms with Crippen LogP contribution in [0.4, 0.5) is 10.5 Å². The highest BCUT2D eigenvalue weighted by Gasteiger charge is 2.04. The third kappa shape index (κ3) is 3.81. The van der Waals surface area contributed by atoms with Crippen LogP contribution in [0.3, 0.4) is 0 Å². The molecule has 0 radical (unpaired) electrons. The highest BCUT2D eigenvalue weighted by molar-refractivity contribution is 5.90. The van der Waals surface area contributed by atoms with Crippen molar-refractivity contribution >= 4 is 11.7 Å². The highest BCUT2D eigenvalue weighted by atomic mass is 16.3. The number of phenols is 1. The largest absolute Gasteiger partial charge is 0.508 e. The van der Waals surface area contributed by atoms with E-state index < -0.39 is 0 Å². The van der Waals surface area contributed by atoms with Crippen molar-refractivity contribution in [1.82, 2.24) is 5.32 Å². The minimum Gasteiger partial charge on any atom is -0.508 e. The second-order valence-electron chi connectivity index (χ2n) is 4.23. The number of hydrogen-bond donors (Lipinski definition) is 3. The predicted molar refractivity (Wildman–Crippen MR) is 64.7 cm³/mol. The average Bonchev–Trinajstić information content (AvgIpc) is 2.19. The Balaban J connectivity index is 2.56. The topological polar surface area (TPSA) is 61.4 Å². The molecule has 0 bridgehead atoms. The van der Waals surface area contributed by atoms with Crippen molar-refractivity contribution in [1.29, 1.82) is 0 Å². The van der Waals surface area contributed by atoms with Crippen LogP contribution in [0, 0.1) is 12.8 Å². The molecular weight excluding hydrogens is 204 g/mol. The Morgan fingerprint density at radius 3 is 2.69 bits per heavy atom. The van der Waals surface area contributed by atoms with E-state index in [1.807, 2.05) is 20.8 Å². The second kappa shape index (κ2) is 5.39. The van der Waals surface area contributed by atoms with Crippen molar-refractivity contribution < 1.29 is 9.90 Å². The molecular formula is C12H18N2O2. The molecule has 16 heavy (non-hydrogen) atoms. The molecule has 0 aliphatic carbocycles. The molecule has 1 rings (SSSR count). The van der Waals surface area contributed by atoms with E-state index in [2.05, 4.69) is 10.6 Å². The standard InChI is InChI=1S/C12H18N2O2/c1-8(2)7-13-12(16)14-11-5-4-10(15)6-9(11)3/h4-6,8,15H,7H2,1-3H3,(H2,13,14,16). The first-order valence-electron chi connectivity index (χ1n) is 5.33. The van der Waals surface area contributed by atoms with E-state index in [0.29, 0.717) is 18.2 Å². The summed E-state index contributed by atoms with van der Waals surface area (Å²) in [5, 5.41) is 14.7. The summed E-state index contributed by atoms with van der Waals surface area (Å²) in [4.78, 5) is 11.5. The Labute approximate surface area is 95.7 Å². The van der Waals surface area contributed by atoms with Crippen LogP contribution in [0.25, 0.3) is 0 Å². The number of amides is 2. The number of carbonyl (C=O) groups is 1. The molecule has 4 nitrogen and oxygen atoms in total. The molecule has 2 amide bonds. The van der Waals surface area contributed by atoms with E-state index in [1.54, 1.807) is 18.2 Å². The third-order valence-corrected chi connectivity index (χ3v) is 2.13. The van der Waals surface area contributed by atoms with Crippen molar-refractivity contribution in [3.8, 4) is 5.75 Å². The van der Waals surface area contributed by atoms with Crippen LogP contribution >= 0.6 is 0 Å². The Hall–Kier alpha value is -1.71. The summed E-state index contributed by atoms with van der Waals surface area (Å²) in [7, 11) is 0. The van der Waals surface area contributed by atoms with E-state index in [0.717, 1.165) is 5.56 Å². The molecule has 0 unspecified atom stereocenters. The van der Waals surface area contributed by atoms with E-state index >= 15 is 0 Å². The van der Waals surface area contributed by atoms with Gasteiger partial charge in [0.15, 0.2) is 0 Å². The van der Waals surface area contributed by atoms with Gasteiger partial charge in [-0.1, -0.05) is 13.8 Å². The number of anilines is 1. The number of carbonyl (C=O) groups excluding carboxylic acids is 1. The maximum atomic E-state index is 11.5. The first-order valence-corrected chi connectivity index (χ1v) is 5.33. The monoisotopic (exact) mass is 222 g/mol. The van der Waals surface area contributed by atoms with Crippen molar-refractivity contribution in [2.75, 3.05) is 11.9 Å². The number of aromatic hydroxyl groups is 1. The first-order chi connectivity index (χ1) is 7.49. The maximum Gasteiger partial charge on any atom is 0.319 e. The first kappa shape index (κ1) is 12.4. The summed E-state index contributed by atoms with van der Waals surface area (Å²) in [6.07, 6.45) is 0. The lowest BCUT2D eigenvalue weighted by atomic mass is 10.2. The van der Waals surface area contributed by atoms with E-state index in [9.17, 15) is 9.90 Å². The minimum absolute atomic E-state index is 0.200. The number of urea groups is 1. The fraction of sp³-hybridized carbons (Fsp3) is 0.417. The molecule has 0 fully saturated rings. The third-order valence-electron chi connectivity index (χ3n) is 2.13. The second-order valence-corrected chi connectivity index (χ2v) is 4.23. The lowest BCUT2D eigenvalue weighted by Crippen LogP contribution is -2.31. The number of nitrogens with one attached hydrogen (secondary N) is 2. The molecule has 4 heteroatoms. The van der Waals surface area contributed by atoms with Crippen molar-refractivity contribution in [3.63, 3.8) is 0 Å². The average molecular weight is 222 g/mol. The van der Waals surface area contributed by atoms with Gasteiger partial charge in [0.2, 0.25) is 0 Å². The fourth-order valence-electron chi connectivity index (χ4n) is 1.25. The number of rotatable bonds is 3. The number of aryl methyl sites for hydroxylation is 1. The molecule has 0 saturated heterocycles. The van der Waals surface area contributed by atoms with Crippen LogP contribution < -0.4 is 10.6 Å². The normalized spacial score (nSPS) is 10.2. The summed E-state index contributed by atoms with van der Waals surface area (Å²) in [6, 6.07) is 4.62. The minimum atomic E-state index is -0.220. The Morgan fingerprint density at radius 1 is 1.44 bits per heavy atom. The van der Waals surface area contributed by atoms with Gasteiger partial charge in [-0.15, -0.1) is 0 Å². The molecule has 88 valence electrons. The Morgan fingerprint density at radius 2 is 2.12 bits per heavy atom. The molecule has 0 spiro atoms. The molecule has 0 saturated carbocycles. The molecule has 0 heterocycles. The van der Waals surface area contributed by atoms with Crippen LogP contribution in [0.5, 0.6) is 5.75 Å².